The van der Waals surface area contributed by atoms with E-state index in [-0.39, 0.29) is 22.6 Å². The molecule has 1 aromatic rings. The Bertz CT molecular complexity index is 561. The minimum Gasteiger partial charge on any atom is -0.206 e. The SMILES string of the molecule is CCCCCC1CCC(c2cc(F)c(C=CC(F)(F)F)c(Cl)c2)CC1. The first-order valence-corrected chi connectivity index (χ1v) is 9.43. The Morgan fingerprint density at radius 3 is 2.36 bits per heavy atom. The van der Waals surface area contributed by atoms with Gasteiger partial charge in [-0.25, -0.2) is 4.39 Å². The molecule has 0 aromatic heterocycles. The van der Waals surface area contributed by atoms with E-state index in [1.165, 1.54) is 31.7 Å². The molecule has 0 spiro atoms. The highest BCUT2D eigenvalue weighted by Gasteiger charge is 2.25. The van der Waals surface area contributed by atoms with Crippen molar-refractivity contribution in [1.29, 1.82) is 0 Å². The van der Waals surface area contributed by atoms with Crippen LogP contribution in [0, 0.1) is 11.7 Å². The second-order valence-corrected chi connectivity index (χ2v) is 7.39. The smallest absolute Gasteiger partial charge is 0.206 e. The van der Waals surface area contributed by atoms with Crippen molar-refractivity contribution >= 4 is 17.7 Å². The lowest BCUT2D eigenvalue weighted by Gasteiger charge is -2.29. The van der Waals surface area contributed by atoms with Crippen molar-refractivity contribution in [1.82, 2.24) is 0 Å². The summed E-state index contributed by atoms with van der Waals surface area (Å²) in [5, 5.41) is 0.0422. The molecular formula is C20H25ClF4. The van der Waals surface area contributed by atoms with E-state index in [9.17, 15) is 17.6 Å². The number of rotatable bonds is 6. The molecule has 0 aliphatic heterocycles. The zero-order valence-electron chi connectivity index (χ0n) is 14.5. The van der Waals surface area contributed by atoms with Crippen molar-refractivity contribution in [2.24, 2.45) is 5.92 Å². The Hall–Kier alpha value is -1.03. The summed E-state index contributed by atoms with van der Waals surface area (Å²) >= 11 is 6.04. The quantitative estimate of drug-likeness (QED) is 0.349. The lowest BCUT2D eigenvalue weighted by Crippen LogP contribution is -2.13. The van der Waals surface area contributed by atoms with Gasteiger partial charge in [0, 0.05) is 11.6 Å². The topological polar surface area (TPSA) is 0 Å². The highest BCUT2D eigenvalue weighted by atomic mass is 35.5. The standard InChI is InChI=1S/C20H25ClF4/c1-2-3-4-5-14-6-8-15(9-7-14)16-12-18(21)17(19(22)13-16)10-11-20(23,24)25/h10-15H,2-9H2,1H3. The summed E-state index contributed by atoms with van der Waals surface area (Å²) in [6.45, 7) is 2.20. The molecule has 0 atom stereocenters. The second-order valence-electron chi connectivity index (χ2n) is 6.99. The zero-order chi connectivity index (χ0) is 18.4. The predicted octanol–water partition coefficient (Wildman–Crippen LogP) is 7.91. The molecule has 0 unspecified atom stereocenters. The van der Waals surface area contributed by atoms with Crippen molar-refractivity contribution in [3.05, 3.63) is 40.2 Å². The molecule has 0 amide bonds. The van der Waals surface area contributed by atoms with E-state index in [0.29, 0.717) is 6.08 Å². The van der Waals surface area contributed by atoms with Crippen LogP contribution in [0.1, 0.15) is 75.3 Å². The molecule has 140 valence electrons. The van der Waals surface area contributed by atoms with Crippen LogP contribution in [0.3, 0.4) is 0 Å². The fraction of sp³-hybridized carbons (Fsp3) is 0.600. The van der Waals surface area contributed by atoms with E-state index in [0.717, 1.165) is 37.2 Å². The molecule has 0 bridgehead atoms. The first kappa shape index (κ1) is 20.3. The molecule has 1 aliphatic carbocycles. The Morgan fingerprint density at radius 2 is 1.80 bits per heavy atom. The molecule has 1 aliphatic rings. The summed E-state index contributed by atoms with van der Waals surface area (Å²) in [5.41, 5.74) is 0.606. The fourth-order valence-electron chi connectivity index (χ4n) is 3.64. The van der Waals surface area contributed by atoms with Gasteiger partial charge in [0.1, 0.15) is 5.82 Å². The van der Waals surface area contributed by atoms with Crippen LogP contribution in [0.5, 0.6) is 0 Å². The van der Waals surface area contributed by atoms with E-state index < -0.39 is 12.0 Å². The first-order valence-electron chi connectivity index (χ1n) is 9.05. The van der Waals surface area contributed by atoms with Gasteiger partial charge in [0.25, 0.3) is 0 Å². The van der Waals surface area contributed by atoms with E-state index >= 15 is 0 Å². The van der Waals surface area contributed by atoms with E-state index in [2.05, 4.69) is 6.92 Å². The zero-order valence-corrected chi connectivity index (χ0v) is 15.3. The monoisotopic (exact) mass is 376 g/mol. The van der Waals surface area contributed by atoms with Gasteiger partial charge < -0.3 is 0 Å². The molecule has 1 saturated carbocycles. The van der Waals surface area contributed by atoms with E-state index in [4.69, 9.17) is 11.6 Å². The Morgan fingerprint density at radius 1 is 1.12 bits per heavy atom. The summed E-state index contributed by atoms with van der Waals surface area (Å²) in [4.78, 5) is 0. The second kappa shape index (κ2) is 9.07. The number of unbranched alkanes of at least 4 members (excludes halogenated alkanes) is 2. The molecule has 1 fully saturated rings. The summed E-state index contributed by atoms with van der Waals surface area (Å²) in [6, 6.07) is 2.98. The maximum Gasteiger partial charge on any atom is 0.409 e. The van der Waals surface area contributed by atoms with Gasteiger partial charge in [-0.3, -0.25) is 0 Å². The van der Waals surface area contributed by atoms with Crippen LogP contribution in [0.15, 0.2) is 18.2 Å². The van der Waals surface area contributed by atoms with Crippen LogP contribution in [-0.4, -0.2) is 6.18 Å². The molecule has 0 nitrogen and oxygen atoms in total. The lowest BCUT2D eigenvalue weighted by atomic mass is 9.77. The first-order chi connectivity index (χ1) is 11.8. The maximum absolute atomic E-state index is 14.2. The summed E-state index contributed by atoms with van der Waals surface area (Å²) < 4.78 is 51.0. The number of benzene rings is 1. The molecule has 25 heavy (non-hydrogen) atoms. The largest absolute Gasteiger partial charge is 0.409 e. The van der Waals surface area contributed by atoms with E-state index in [1.54, 1.807) is 6.07 Å². The van der Waals surface area contributed by atoms with Gasteiger partial charge in [-0.1, -0.05) is 44.2 Å². The minimum absolute atomic E-state index is 0.0124. The third kappa shape index (κ3) is 6.32. The van der Waals surface area contributed by atoms with Crippen LogP contribution in [-0.2, 0) is 0 Å². The average Bonchev–Trinajstić information content (AvgIpc) is 2.54. The molecule has 0 N–H and O–H groups in total. The van der Waals surface area contributed by atoms with Gasteiger partial charge in [-0.2, -0.15) is 13.2 Å². The number of hydrogen-bond donors (Lipinski definition) is 0. The van der Waals surface area contributed by atoms with Gasteiger partial charge >= 0.3 is 6.18 Å². The van der Waals surface area contributed by atoms with Crippen LogP contribution in [0.4, 0.5) is 17.6 Å². The average molecular weight is 377 g/mol. The highest BCUT2D eigenvalue weighted by Crippen LogP contribution is 2.39. The number of hydrogen-bond acceptors (Lipinski definition) is 0. The van der Waals surface area contributed by atoms with Crippen LogP contribution < -0.4 is 0 Å². The van der Waals surface area contributed by atoms with Crippen molar-refractivity contribution in [2.75, 3.05) is 0 Å². The summed E-state index contributed by atoms with van der Waals surface area (Å²) in [7, 11) is 0. The third-order valence-electron chi connectivity index (χ3n) is 5.07. The van der Waals surface area contributed by atoms with Crippen molar-refractivity contribution in [3.63, 3.8) is 0 Å². The van der Waals surface area contributed by atoms with Gasteiger partial charge in [-0.05, 0) is 61.3 Å². The molecule has 2 rings (SSSR count). The molecule has 1 aromatic carbocycles. The third-order valence-corrected chi connectivity index (χ3v) is 5.39. The number of alkyl halides is 3. The van der Waals surface area contributed by atoms with Gasteiger partial charge in [-0.15, -0.1) is 0 Å². The molecule has 0 radical (unpaired) electrons. The van der Waals surface area contributed by atoms with Crippen LogP contribution in [0.2, 0.25) is 5.02 Å². The van der Waals surface area contributed by atoms with Crippen LogP contribution >= 0.6 is 11.6 Å². The molecule has 0 saturated heterocycles. The lowest BCUT2D eigenvalue weighted by molar-refractivity contribution is -0.0790. The number of allylic oxidation sites excluding steroid dienone is 1. The van der Waals surface area contributed by atoms with Gasteiger partial charge in [0.15, 0.2) is 0 Å². The van der Waals surface area contributed by atoms with Crippen molar-refractivity contribution in [2.45, 2.75) is 70.4 Å². The Kier molecular flexibility index (Phi) is 7.36. The Balaban J connectivity index is 2.01. The summed E-state index contributed by atoms with van der Waals surface area (Å²) in [6.07, 6.45) is 5.50. The minimum atomic E-state index is -4.48. The normalized spacial score (nSPS) is 21.8. The highest BCUT2D eigenvalue weighted by molar-refractivity contribution is 6.32. The predicted molar refractivity (Wildman–Crippen MR) is 95.3 cm³/mol. The fourth-order valence-corrected chi connectivity index (χ4v) is 3.92. The summed E-state index contributed by atoms with van der Waals surface area (Å²) in [5.74, 6) is 0.306. The Labute approximate surface area is 152 Å². The van der Waals surface area contributed by atoms with Gasteiger partial charge in [0.2, 0.25) is 0 Å². The molecule has 0 heterocycles. The molecular weight excluding hydrogens is 352 g/mol. The van der Waals surface area contributed by atoms with Crippen molar-refractivity contribution < 1.29 is 17.6 Å². The van der Waals surface area contributed by atoms with Crippen LogP contribution in [0.25, 0.3) is 6.08 Å². The van der Waals surface area contributed by atoms with E-state index in [1.807, 2.05) is 0 Å². The van der Waals surface area contributed by atoms with Gasteiger partial charge in [0.05, 0.1) is 5.02 Å². The number of halogens is 5. The molecule has 5 heteroatoms. The maximum atomic E-state index is 14.2. The van der Waals surface area contributed by atoms with Crippen molar-refractivity contribution in [3.8, 4) is 0 Å².